The van der Waals surface area contributed by atoms with Gasteiger partial charge in [-0.2, -0.15) is 13.2 Å². The van der Waals surface area contributed by atoms with Gasteiger partial charge in [0.15, 0.2) is 0 Å². The quantitative estimate of drug-likeness (QED) is 0.582. The van der Waals surface area contributed by atoms with Gasteiger partial charge in [0.2, 0.25) is 0 Å². The van der Waals surface area contributed by atoms with E-state index in [2.05, 4.69) is 9.47 Å². The molecule has 0 bridgehead atoms. The molecular formula is C21H20F4N2. The molecule has 0 aliphatic carbocycles. The van der Waals surface area contributed by atoms with Crippen molar-refractivity contribution in [2.75, 3.05) is 13.6 Å². The lowest BCUT2D eigenvalue weighted by molar-refractivity contribution is -0.137. The number of benzene rings is 2. The lowest BCUT2D eigenvalue weighted by atomic mass is 10.0. The van der Waals surface area contributed by atoms with E-state index in [1.54, 1.807) is 12.1 Å². The summed E-state index contributed by atoms with van der Waals surface area (Å²) < 4.78 is 54.1. The Hall–Kier alpha value is -2.34. The summed E-state index contributed by atoms with van der Waals surface area (Å²) in [7, 11) is 2.05. The third-order valence-corrected chi connectivity index (χ3v) is 5.31. The first-order valence-electron chi connectivity index (χ1n) is 8.97. The third-order valence-electron chi connectivity index (χ3n) is 5.31. The summed E-state index contributed by atoms with van der Waals surface area (Å²) in [6, 6.07) is 10.2. The van der Waals surface area contributed by atoms with Gasteiger partial charge >= 0.3 is 6.18 Å². The van der Waals surface area contributed by atoms with Crippen LogP contribution < -0.4 is 0 Å². The fourth-order valence-electron chi connectivity index (χ4n) is 3.91. The number of hydrogen-bond acceptors (Lipinski definition) is 1. The van der Waals surface area contributed by atoms with Gasteiger partial charge in [0.25, 0.3) is 0 Å². The van der Waals surface area contributed by atoms with Crippen LogP contribution in [0.4, 0.5) is 17.6 Å². The molecule has 27 heavy (non-hydrogen) atoms. The number of halogens is 4. The topological polar surface area (TPSA) is 8.17 Å². The van der Waals surface area contributed by atoms with Gasteiger partial charge in [-0.05, 0) is 54.9 Å². The number of rotatable bonds is 3. The maximum absolute atomic E-state index is 13.8. The predicted molar refractivity (Wildman–Crippen MR) is 97.1 cm³/mol. The van der Waals surface area contributed by atoms with Crippen LogP contribution in [-0.4, -0.2) is 23.1 Å². The van der Waals surface area contributed by atoms with Crippen LogP contribution in [0.1, 0.15) is 22.4 Å². The first-order chi connectivity index (χ1) is 12.8. The van der Waals surface area contributed by atoms with E-state index in [-0.39, 0.29) is 5.82 Å². The third kappa shape index (κ3) is 3.46. The molecule has 2 aromatic carbocycles. The Kier molecular flexibility index (Phi) is 4.46. The molecule has 142 valence electrons. The summed E-state index contributed by atoms with van der Waals surface area (Å²) in [5, 5.41) is 0.934. The highest BCUT2D eigenvalue weighted by atomic mass is 19.4. The molecular weight excluding hydrogens is 356 g/mol. The normalized spacial score (nSPS) is 15.3. The average molecular weight is 376 g/mol. The lowest BCUT2D eigenvalue weighted by Gasteiger charge is -2.24. The van der Waals surface area contributed by atoms with Crippen LogP contribution in [0, 0.1) is 5.82 Å². The van der Waals surface area contributed by atoms with Crippen molar-refractivity contribution in [2.45, 2.75) is 32.1 Å². The van der Waals surface area contributed by atoms with Crippen LogP contribution in [0.2, 0.25) is 0 Å². The lowest BCUT2D eigenvalue weighted by Crippen LogP contribution is -2.27. The first kappa shape index (κ1) is 18.0. The minimum atomic E-state index is -4.32. The molecule has 3 aromatic rings. The minimum absolute atomic E-state index is 0.251. The van der Waals surface area contributed by atoms with Crippen molar-refractivity contribution in [3.63, 3.8) is 0 Å². The summed E-state index contributed by atoms with van der Waals surface area (Å²) in [6.07, 6.45) is -2.80. The molecule has 2 nitrogen and oxygen atoms in total. The van der Waals surface area contributed by atoms with Crippen molar-refractivity contribution in [3.8, 4) is 0 Å². The fourth-order valence-corrected chi connectivity index (χ4v) is 3.91. The molecule has 0 saturated heterocycles. The van der Waals surface area contributed by atoms with E-state index in [4.69, 9.17) is 0 Å². The van der Waals surface area contributed by atoms with E-state index in [0.717, 1.165) is 53.7 Å². The average Bonchev–Trinajstić information content (AvgIpc) is 2.92. The highest BCUT2D eigenvalue weighted by molar-refractivity contribution is 5.86. The van der Waals surface area contributed by atoms with Gasteiger partial charge in [-0.1, -0.05) is 12.1 Å². The summed E-state index contributed by atoms with van der Waals surface area (Å²) in [5.41, 5.74) is 3.58. The predicted octanol–water partition coefficient (Wildman–Crippen LogP) is 5.03. The van der Waals surface area contributed by atoms with E-state index in [0.29, 0.717) is 13.0 Å². The first-order valence-corrected chi connectivity index (χ1v) is 8.97. The standard InChI is InChI=1S/C21H20F4N2/c1-26-10-9-20-18(13-26)17-12-16(22)6-7-19(17)27(20)11-8-14-2-4-15(5-3-14)21(23,24)25/h2-7,12H,8-11,13H2,1H3. The molecule has 0 amide bonds. The van der Waals surface area contributed by atoms with Gasteiger partial charge in [0.05, 0.1) is 5.56 Å². The summed E-state index contributed by atoms with van der Waals surface area (Å²) in [4.78, 5) is 2.22. The van der Waals surface area contributed by atoms with Crippen molar-refractivity contribution >= 4 is 10.9 Å². The molecule has 0 saturated carbocycles. The van der Waals surface area contributed by atoms with Gasteiger partial charge in [-0.3, -0.25) is 0 Å². The number of alkyl halides is 3. The molecule has 1 aliphatic heterocycles. The van der Waals surface area contributed by atoms with Gasteiger partial charge in [0, 0.05) is 42.7 Å². The van der Waals surface area contributed by atoms with Gasteiger partial charge in [0.1, 0.15) is 5.82 Å². The Labute approximate surface area is 155 Å². The molecule has 1 aromatic heterocycles. The maximum atomic E-state index is 13.8. The molecule has 4 rings (SSSR count). The zero-order valence-corrected chi connectivity index (χ0v) is 15.0. The SMILES string of the molecule is CN1CCc2c(c3cc(F)ccc3n2CCc2ccc(C(F)(F)F)cc2)C1. The van der Waals surface area contributed by atoms with Crippen LogP contribution in [0.5, 0.6) is 0 Å². The van der Waals surface area contributed by atoms with Crippen molar-refractivity contribution in [1.82, 2.24) is 9.47 Å². The molecule has 0 unspecified atom stereocenters. The summed E-state index contributed by atoms with van der Waals surface area (Å²) in [6.45, 7) is 2.38. The number of aryl methyl sites for hydroxylation is 2. The van der Waals surface area contributed by atoms with Crippen molar-refractivity contribution in [1.29, 1.82) is 0 Å². The minimum Gasteiger partial charge on any atom is -0.344 e. The second-order valence-corrected chi connectivity index (χ2v) is 7.17. The number of aromatic nitrogens is 1. The monoisotopic (exact) mass is 376 g/mol. The molecule has 0 N–H and O–H groups in total. The van der Waals surface area contributed by atoms with E-state index in [1.807, 2.05) is 7.05 Å². The Morgan fingerprint density at radius 1 is 1.04 bits per heavy atom. The fraction of sp³-hybridized carbons (Fsp3) is 0.333. The van der Waals surface area contributed by atoms with Crippen LogP contribution in [-0.2, 0) is 32.1 Å². The van der Waals surface area contributed by atoms with Crippen LogP contribution in [0.3, 0.4) is 0 Å². The number of hydrogen-bond donors (Lipinski definition) is 0. The van der Waals surface area contributed by atoms with Crippen molar-refractivity contribution in [3.05, 3.63) is 70.7 Å². The summed E-state index contributed by atoms with van der Waals surface area (Å²) >= 11 is 0. The molecule has 6 heteroatoms. The van der Waals surface area contributed by atoms with E-state index in [9.17, 15) is 17.6 Å². The molecule has 0 atom stereocenters. The molecule has 0 spiro atoms. The van der Waals surface area contributed by atoms with E-state index in [1.165, 1.54) is 23.9 Å². The zero-order valence-electron chi connectivity index (χ0n) is 15.0. The van der Waals surface area contributed by atoms with Gasteiger partial charge in [-0.15, -0.1) is 0 Å². The van der Waals surface area contributed by atoms with Crippen LogP contribution in [0.25, 0.3) is 10.9 Å². The zero-order chi connectivity index (χ0) is 19.2. The van der Waals surface area contributed by atoms with Gasteiger partial charge < -0.3 is 9.47 Å². The Balaban J connectivity index is 1.64. The van der Waals surface area contributed by atoms with Crippen LogP contribution in [0.15, 0.2) is 42.5 Å². The highest BCUT2D eigenvalue weighted by Gasteiger charge is 2.30. The smallest absolute Gasteiger partial charge is 0.344 e. The van der Waals surface area contributed by atoms with Crippen LogP contribution >= 0.6 is 0 Å². The number of fused-ring (bicyclic) bond motifs is 3. The molecule has 0 fully saturated rings. The second-order valence-electron chi connectivity index (χ2n) is 7.17. The van der Waals surface area contributed by atoms with Gasteiger partial charge in [-0.25, -0.2) is 4.39 Å². The Bertz CT molecular complexity index is 970. The summed E-state index contributed by atoms with van der Waals surface area (Å²) in [5.74, 6) is -0.251. The van der Waals surface area contributed by atoms with E-state index < -0.39 is 11.7 Å². The number of nitrogens with zero attached hydrogens (tertiary/aromatic N) is 2. The molecule has 2 heterocycles. The maximum Gasteiger partial charge on any atom is 0.416 e. The molecule has 0 radical (unpaired) electrons. The van der Waals surface area contributed by atoms with Crippen molar-refractivity contribution < 1.29 is 17.6 Å². The Morgan fingerprint density at radius 3 is 2.48 bits per heavy atom. The largest absolute Gasteiger partial charge is 0.416 e. The second kappa shape index (κ2) is 6.68. The highest BCUT2D eigenvalue weighted by Crippen LogP contribution is 2.32. The van der Waals surface area contributed by atoms with Crippen molar-refractivity contribution in [2.24, 2.45) is 0 Å². The Morgan fingerprint density at radius 2 is 1.78 bits per heavy atom. The molecule has 1 aliphatic rings. The van der Waals surface area contributed by atoms with E-state index >= 15 is 0 Å². The number of likely N-dealkylation sites (N-methyl/N-ethyl adjacent to an activating group) is 1.